The highest BCUT2D eigenvalue weighted by Gasteiger charge is 2.29. The first-order valence-corrected chi connectivity index (χ1v) is 8.51. The van der Waals surface area contributed by atoms with E-state index >= 15 is 0 Å². The topological polar surface area (TPSA) is 73.9 Å². The molecular formula is C19H20N4O2. The second-order valence-electron chi connectivity index (χ2n) is 6.51. The molecule has 0 radical (unpaired) electrons. The number of aryl methyl sites for hydroxylation is 2. The van der Waals surface area contributed by atoms with Crippen LogP contribution in [0.25, 0.3) is 11.5 Å². The minimum Gasteiger partial charge on any atom is -0.470 e. The molecule has 0 saturated heterocycles. The van der Waals surface area contributed by atoms with Crippen molar-refractivity contribution in [2.24, 2.45) is 0 Å². The third kappa shape index (κ3) is 3.52. The molecule has 0 bridgehead atoms. The third-order valence-corrected chi connectivity index (χ3v) is 4.25. The lowest BCUT2D eigenvalue weighted by Gasteiger charge is -2.15. The molecule has 0 amide bonds. The van der Waals surface area contributed by atoms with Crippen molar-refractivity contribution < 1.29 is 9.26 Å². The summed E-state index contributed by atoms with van der Waals surface area (Å²) in [4.78, 5) is 13.1. The Balaban J connectivity index is 1.48. The van der Waals surface area contributed by atoms with Crippen molar-refractivity contribution in [2.75, 3.05) is 0 Å². The summed E-state index contributed by atoms with van der Waals surface area (Å²) >= 11 is 0. The van der Waals surface area contributed by atoms with Gasteiger partial charge < -0.3 is 9.26 Å². The summed E-state index contributed by atoms with van der Waals surface area (Å²) in [6.45, 7) is 5.79. The Morgan fingerprint density at radius 3 is 2.52 bits per heavy atom. The highest BCUT2D eigenvalue weighted by atomic mass is 16.5. The molecule has 3 aromatic rings. The van der Waals surface area contributed by atoms with Crippen LogP contribution in [0.5, 0.6) is 5.88 Å². The van der Waals surface area contributed by atoms with Gasteiger partial charge in [0, 0.05) is 23.2 Å². The predicted octanol–water partition coefficient (Wildman–Crippen LogP) is 4.16. The molecule has 1 aliphatic rings. The zero-order valence-electron chi connectivity index (χ0n) is 14.6. The minimum absolute atomic E-state index is 0.118. The number of nitrogens with zero attached hydrogens (tertiary/aromatic N) is 4. The van der Waals surface area contributed by atoms with E-state index in [2.05, 4.69) is 20.1 Å². The van der Waals surface area contributed by atoms with Gasteiger partial charge in [-0.25, -0.2) is 4.98 Å². The lowest BCUT2D eigenvalue weighted by atomic mass is 10.1. The summed E-state index contributed by atoms with van der Waals surface area (Å²) in [5, 5.41) is 4.06. The Kier molecular flexibility index (Phi) is 3.95. The molecular weight excluding hydrogens is 316 g/mol. The molecule has 25 heavy (non-hydrogen) atoms. The Morgan fingerprint density at radius 2 is 1.84 bits per heavy atom. The van der Waals surface area contributed by atoms with Crippen LogP contribution in [0, 0.1) is 13.8 Å². The van der Waals surface area contributed by atoms with E-state index < -0.39 is 0 Å². The van der Waals surface area contributed by atoms with E-state index in [1.54, 1.807) is 0 Å². The quantitative estimate of drug-likeness (QED) is 0.696. The number of ether oxygens (including phenoxy) is 1. The summed E-state index contributed by atoms with van der Waals surface area (Å²) in [6, 6.07) is 9.84. The molecule has 1 saturated carbocycles. The molecule has 0 aliphatic heterocycles. The zero-order valence-corrected chi connectivity index (χ0v) is 14.6. The van der Waals surface area contributed by atoms with Gasteiger partial charge >= 0.3 is 0 Å². The molecule has 2 aromatic heterocycles. The van der Waals surface area contributed by atoms with Crippen LogP contribution >= 0.6 is 0 Å². The molecule has 6 nitrogen and oxygen atoms in total. The van der Waals surface area contributed by atoms with E-state index in [0.29, 0.717) is 23.5 Å². The smallest absolute Gasteiger partial charge is 0.257 e. The van der Waals surface area contributed by atoms with E-state index in [1.807, 2.05) is 51.1 Å². The largest absolute Gasteiger partial charge is 0.470 e. The van der Waals surface area contributed by atoms with E-state index in [4.69, 9.17) is 9.26 Å². The maximum absolute atomic E-state index is 5.95. The fraction of sp³-hybridized carbons (Fsp3) is 0.368. The van der Waals surface area contributed by atoms with Gasteiger partial charge in [-0.15, -0.1) is 0 Å². The SMILES string of the molecule is Cc1cc(O[C@@H](C)c2ccc(-c3nc(C4CC4)no3)cc2)nc(C)n1. The van der Waals surface area contributed by atoms with E-state index in [-0.39, 0.29) is 6.10 Å². The third-order valence-electron chi connectivity index (χ3n) is 4.25. The van der Waals surface area contributed by atoms with Crippen LogP contribution in [-0.2, 0) is 0 Å². The number of hydrogen-bond donors (Lipinski definition) is 0. The van der Waals surface area contributed by atoms with Gasteiger partial charge in [-0.1, -0.05) is 17.3 Å². The average molecular weight is 336 g/mol. The van der Waals surface area contributed by atoms with Crippen molar-refractivity contribution in [3.8, 4) is 17.3 Å². The van der Waals surface area contributed by atoms with Crippen LogP contribution in [0.1, 0.15) is 54.7 Å². The second kappa shape index (κ2) is 6.27. The summed E-state index contributed by atoms with van der Waals surface area (Å²) in [5.41, 5.74) is 2.87. The first-order valence-electron chi connectivity index (χ1n) is 8.51. The minimum atomic E-state index is -0.118. The van der Waals surface area contributed by atoms with Gasteiger partial charge in [-0.2, -0.15) is 9.97 Å². The van der Waals surface area contributed by atoms with Gasteiger partial charge in [0.1, 0.15) is 11.9 Å². The van der Waals surface area contributed by atoms with Crippen molar-refractivity contribution in [1.82, 2.24) is 20.1 Å². The maximum Gasteiger partial charge on any atom is 0.257 e. The predicted molar refractivity (Wildman–Crippen MR) is 92.3 cm³/mol. The molecule has 4 rings (SSSR count). The lowest BCUT2D eigenvalue weighted by Crippen LogP contribution is -2.05. The highest BCUT2D eigenvalue weighted by Crippen LogP contribution is 2.38. The van der Waals surface area contributed by atoms with Crippen LogP contribution in [0.2, 0.25) is 0 Å². The normalized spacial score (nSPS) is 15.2. The molecule has 2 heterocycles. The second-order valence-corrected chi connectivity index (χ2v) is 6.51. The number of hydrogen-bond acceptors (Lipinski definition) is 6. The molecule has 1 aliphatic carbocycles. The number of rotatable bonds is 5. The molecule has 128 valence electrons. The zero-order chi connectivity index (χ0) is 17.4. The maximum atomic E-state index is 5.95. The molecule has 0 spiro atoms. The Hall–Kier alpha value is -2.76. The highest BCUT2D eigenvalue weighted by molar-refractivity contribution is 5.53. The Morgan fingerprint density at radius 1 is 1.08 bits per heavy atom. The number of benzene rings is 1. The number of aromatic nitrogens is 4. The van der Waals surface area contributed by atoms with Crippen molar-refractivity contribution in [1.29, 1.82) is 0 Å². The van der Waals surface area contributed by atoms with E-state index in [9.17, 15) is 0 Å². The summed E-state index contributed by atoms with van der Waals surface area (Å²) in [6.07, 6.45) is 2.20. The standard InChI is InChI=1S/C19H20N4O2/c1-11-10-17(21-13(3)20-11)24-12(2)14-4-8-16(9-5-14)19-22-18(23-25-19)15-6-7-15/h4-5,8-10,12,15H,6-7H2,1-3H3/t12-/m0/s1. The molecule has 1 atom stereocenters. The van der Waals surface area contributed by atoms with E-state index in [0.717, 1.165) is 35.5 Å². The monoisotopic (exact) mass is 336 g/mol. The first-order chi connectivity index (χ1) is 12.1. The van der Waals surface area contributed by atoms with Gasteiger partial charge in [0.25, 0.3) is 5.89 Å². The van der Waals surface area contributed by atoms with Crippen LogP contribution in [0.3, 0.4) is 0 Å². The average Bonchev–Trinajstić information content (AvgIpc) is 3.31. The van der Waals surface area contributed by atoms with E-state index in [1.165, 1.54) is 0 Å². The van der Waals surface area contributed by atoms with Gasteiger partial charge in [-0.3, -0.25) is 0 Å². The first kappa shape index (κ1) is 15.7. The van der Waals surface area contributed by atoms with Crippen molar-refractivity contribution in [3.63, 3.8) is 0 Å². The van der Waals surface area contributed by atoms with Gasteiger partial charge in [0.15, 0.2) is 5.82 Å². The van der Waals surface area contributed by atoms with Gasteiger partial charge in [0.05, 0.1) is 0 Å². The van der Waals surface area contributed by atoms with Crippen molar-refractivity contribution in [3.05, 3.63) is 53.2 Å². The molecule has 0 unspecified atom stereocenters. The summed E-state index contributed by atoms with van der Waals surface area (Å²) in [7, 11) is 0. The van der Waals surface area contributed by atoms with Gasteiger partial charge in [-0.05, 0) is 51.3 Å². The van der Waals surface area contributed by atoms with Crippen LogP contribution in [0.4, 0.5) is 0 Å². The molecule has 1 aromatic carbocycles. The van der Waals surface area contributed by atoms with Crippen molar-refractivity contribution >= 4 is 0 Å². The van der Waals surface area contributed by atoms with Gasteiger partial charge in [0.2, 0.25) is 5.88 Å². The Labute approximate surface area is 146 Å². The molecule has 0 N–H and O–H groups in total. The molecule has 6 heteroatoms. The van der Waals surface area contributed by atoms with Crippen LogP contribution in [0.15, 0.2) is 34.9 Å². The summed E-state index contributed by atoms with van der Waals surface area (Å²) < 4.78 is 11.3. The molecule has 1 fully saturated rings. The van der Waals surface area contributed by atoms with Crippen LogP contribution in [-0.4, -0.2) is 20.1 Å². The fourth-order valence-electron chi connectivity index (χ4n) is 2.75. The van der Waals surface area contributed by atoms with Crippen molar-refractivity contribution in [2.45, 2.75) is 45.6 Å². The Bertz CT molecular complexity index is 864. The lowest BCUT2D eigenvalue weighted by molar-refractivity contribution is 0.216. The fourth-order valence-corrected chi connectivity index (χ4v) is 2.75. The van der Waals surface area contributed by atoms with Crippen LogP contribution < -0.4 is 4.74 Å². The summed E-state index contributed by atoms with van der Waals surface area (Å²) in [5.74, 6) is 3.19.